The van der Waals surface area contributed by atoms with Crippen molar-refractivity contribution in [3.8, 4) is 0 Å². The van der Waals surface area contributed by atoms with E-state index < -0.39 is 0 Å². The van der Waals surface area contributed by atoms with Crippen molar-refractivity contribution in [2.45, 2.75) is 13.1 Å². The summed E-state index contributed by atoms with van der Waals surface area (Å²) in [6.07, 6.45) is 0. The topological polar surface area (TPSA) is 180 Å². The van der Waals surface area contributed by atoms with Gasteiger partial charge in [0, 0.05) is 46.7 Å². The van der Waals surface area contributed by atoms with Crippen LogP contribution in [-0.4, -0.2) is 94.6 Å². The number of fused-ring (bicyclic) bond motifs is 2. The number of H-pyrrole nitrogens is 2. The molecule has 6 N–H and O–H groups in total. The third-order valence-corrected chi connectivity index (χ3v) is 8.02. The molecule has 14 heteroatoms. The van der Waals surface area contributed by atoms with Gasteiger partial charge in [-0.15, -0.1) is 0 Å². The monoisotopic (exact) mass is 700 g/mol. The van der Waals surface area contributed by atoms with Gasteiger partial charge in [-0.2, -0.15) is 0 Å². The molecule has 6 rings (SSSR count). The zero-order valence-corrected chi connectivity index (χ0v) is 29.3. The van der Waals surface area contributed by atoms with Crippen LogP contribution in [0.4, 0.5) is 11.4 Å². The molecule has 4 amide bonds. The van der Waals surface area contributed by atoms with Crippen molar-refractivity contribution in [2.75, 3.05) is 51.9 Å². The maximum atomic E-state index is 12.9. The van der Waals surface area contributed by atoms with Crippen LogP contribution in [0.5, 0.6) is 0 Å². The quantitative estimate of drug-likeness (QED) is 0.0969. The molecule has 14 nitrogen and oxygen atoms in total. The minimum Gasteiger partial charge on any atom is -0.350 e. The molecular weight excluding hydrogens is 660 g/mol. The van der Waals surface area contributed by atoms with Crippen LogP contribution in [0.1, 0.15) is 53.1 Å². The van der Waals surface area contributed by atoms with Gasteiger partial charge >= 0.3 is 0 Å². The zero-order chi connectivity index (χ0) is 36.8. The normalized spacial score (nSPS) is 11.3. The van der Waals surface area contributed by atoms with E-state index in [1.165, 1.54) is 0 Å². The predicted octanol–water partition coefficient (Wildman–Crippen LogP) is 4.23. The van der Waals surface area contributed by atoms with Crippen LogP contribution in [0.3, 0.4) is 0 Å². The Labute approximate surface area is 300 Å². The average molecular weight is 701 g/mol. The van der Waals surface area contributed by atoms with Gasteiger partial charge in [-0.25, -0.2) is 9.97 Å². The van der Waals surface area contributed by atoms with Crippen molar-refractivity contribution in [1.82, 2.24) is 40.4 Å². The average Bonchev–Trinajstić information content (AvgIpc) is 3.71. The van der Waals surface area contributed by atoms with Gasteiger partial charge in [0.05, 0.1) is 35.2 Å². The second kappa shape index (κ2) is 15.7. The Morgan fingerprint density at radius 3 is 1.21 bits per heavy atom. The number of benzene rings is 4. The number of hydrogen-bond acceptors (Lipinski definition) is 8. The number of nitrogens with one attached hydrogen (secondary N) is 6. The molecule has 52 heavy (non-hydrogen) atoms. The summed E-state index contributed by atoms with van der Waals surface area (Å²) in [5.74, 6) is 0.382. The maximum Gasteiger partial charge on any atom is 0.255 e. The molecule has 6 aromatic rings. The van der Waals surface area contributed by atoms with E-state index >= 15 is 0 Å². The van der Waals surface area contributed by atoms with Crippen LogP contribution in [-0.2, 0) is 13.1 Å². The number of aromatic amines is 2. The number of carbonyl (C=O) groups is 4. The van der Waals surface area contributed by atoms with Gasteiger partial charge in [0.1, 0.15) is 11.6 Å². The summed E-state index contributed by atoms with van der Waals surface area (Å²) in [4.78, 5) is 70.7. The number of amides is 4. The summed E-state index contributed by atoms with van der Waals surface area (Å²) in [5.41, 5.74) is 6.08. The third kappa shape index (κ3) is 8.85. The number of carbonyl (C=O) groups excluding carboxylic acids is 4. The summed E-state index contributed by atoms with van der Waals surface area (Å²) in [5, 5.41) is 11.3. The summed E-state index contributed by atoms with van der Waals surface area (Å²) >= 11 is 0. The van der Waals surface area contributed by atoms with E-state index in [1.807, 2.05) is 62.3 Å². The van der Waals surface area contributed by atoms with Gasteiger partial charge in [0.25, 0.3) is 23.6 Å². The maximum absolute atomic E-state index is 12.9. The van der Waals surface area contributed by atoms with E-state index in [2.05, 4.69) is 41.2 Å². The van der Waals surface area contributed by atoms with Crippen LogP contribution < -0.4 is 21.3 Å². The van der Waals surface area contributed by atoms with Crippen molar-refractivity contribution in [1.29, 1.82) is 0 Å². The van der Waals surface area contributed by atoms with Crippen LogP contribution >= 0.6 is 0 Å². The Bertz CT molecular complexity index is 2080. The Morgan fingerprint density at radius 2 is 0.865 bits per heavy atom. The minimum atomic E-state index is -0.338. The molecule has 0 fully saturated rings. The third-order valence-electron chi connectivity index (χ3n) is 8.02. The highest BCUT2D eigenvalue weighted by Crippen LogP contribution is 2.20. The smallest absolute Gasteiger partial charge is 0.255 e. The van der Waals surface area contributed by atoms with Gasteiger partial charge in [-0.3, -0.25) is 19.2 Å². The van der Waals surface area contributed by atoms with E-state index in [4.69, 9.17) is 0 Å². The number of anilines is 2. The summed E-state index contributed by atoms with van der Waals surface area (Å²) in [6.45, 7) is 1.73. The summed E-state index contributed by atoms with van der Waals surface area (Å²) in [6, 6.07) is 23.6. The van der Waals surface area contributed by atoms with Crippen LogP contribution in [0, 0.1) is 0 Å². The van der Waals surface area contributed by atoms with Crippen LogP contribution in [0.25, 0.3) is 22.1 Å². The Kier molecular flexibility index (Phi) is 10.7. The fraction of sp³-hybridized carbons (Fsp3) is 0.211. The first kappa shape index (κ1) is 35.4. The lowest BCUT2D eigenvalue weighted by Crippen LogP contribution is -2.34. The van der Waals surface area contributed by atoms with Crippen molar-refractivity contribution in [3.63, 3.8) is 0 Å². The number of nitrogens with zero attached hydrogens (tertiary/aromatic N) is 4. The number of imidazole rings is 2. The standard InChI is InChI=1S/C38H40N10O4/c1-47(2)21-33-43-29-15-13-27(19-31(29)45-33)41-37(51)25-9-5-23(6-10-25)35(49)39-17-18-40-36(50)24-7-11-26(12-8-24)38(52)42-28-14-16-30-32(20-28)46-34(44-30)22-48(3)4/h5-16,19-20H,17-18,21-22H2,1-4H3,(H,39,49)(H,40,50)(H,41,51)(H,42,52)(H,43,45)(H,44,46). The molecule has 266 valence electrons. The van der Waals surface area contributed by atoms with Crippen LogP contribution in [0.15, 0.2) is 84.9 Å². The molecular formula is C38H40N10O4. The molecule has 4 aromatic carbocycles. The first-order chi connectivity index (χ1) is 25.0. The van der Waals surface area contributed by atoms with Crippen molar-refractivity contribution in [2.24, 2.45) is 0 Å². The Balaban J connectivity index is 0.935. The largest absolute Gasteiger partial charge is 0.350 e. The van der Waals surface area contributed by atoms with Crippen molar-refractivity contribution >= 4 is 57.1 Å². The molecule has 0 aliphatic heterocycles. The molecule has 0 saturated carbocycles. The highest BCUT2D eigenvalue weighted by molar-refractivity contribution is 6.06. The highest BCUT2D eigenvalue weighted by atomic mass is 16.2. The molecule has 0 atom stereocenters. The first-order valence-electron chi connectivity index (χ1n) is 16.7. The number of aromatic nitrogens is 4. The molecule has 0 aliphatic rings. The molecule has 0 aliphatic carbocycles. The summed E-state index contributed by atoms with van der Waals surface area (Å²) in [7, 11) is 7.86. The van der Waals surface area contributed by atoms with Gasteiger partial charge in [0.2, 0.25) is 0 Å². The second-order valence-corrected chi connectivity index (χ2v) is 12.9. The van der Waals surface area contributed by atoms with Crippen LogP contribution in [0.2, 0.25) is 0 Å². The van der Waals surface area contributed by atoms with Gasteiger partial charge in [-0.1, -0.05) is 0 Å². The minimum absolute atomic E-state index is 0.191. The van der Waals surface area contributed by atoms with Gasteiger partial charge < -0.3 is 41.0 Å². The fourth-order valence-corrected chi connectivity index (χ4v) is 5.54. The molecule has 0 radical (unpaired) electrons. The summed E-state index contributed by atoms with van der Waals surface area (Å²) < 4.78 is 0. The Morgan fingerprint density at radius 1 is 0.519 bits per heavy atom. The van der Waals surface area contributed by atoms with E-state index in [9.17, 15) is 19.2 Å². The lowest BCUT2D eigenvalue weighted by atomic mass is 10.1. The lowest BCUT2D eigenvalue weighted by molar-refractivity contribution is 0.0927. The number of hydrogen-bond donors (Lipinski definition) is 6. The van der Waals surface area contributed by atoms with E-state index in [0.717, 1.165) is 33.7 Å². The van der Waals surface area contributed by atoms with Crippen molar-refractivity contribution < 1.29 is 19.2 Å². The SMILES string of the molecule is CN(C)Cc1nc2ccc(NC(=O)c3ccc(C(=O)NCCNC(=O)c4ccc(C(=O)Nc5ccc6nc(CN(C)C)[nH]c6c5)cc4)cc3)cc2[nH]1. The predicted molar refractivity (Wildman–Crippen MR) is 200 cm³/mol. The molecule has 2 heterocycles. The van der Waals surface area contributed by atoms with Gasteiger partial charge in [0.15, 0.2) is 0 Å². The number of rotatable bonds is 13. The molecule has 0 spiro atoms. The fourth-order valence-electron chi connectivity index (χ4n) is 5.54. The van der Waals surface area contributed by atoms with Gasteiger partial charge in [-0.05, 0) is 113 Å². The van der Waals surface area contributed by atoms with Crippen molar-refractivity contribution in [3.05, 3.63) is 119 Å². The molecule has 0 unspecified atom stereocenters. The lowest BCUT2D eigenvalue weighted by Gasteiger charge is -2.09. The molecule has 0 saturated heterocycles. The highest BCUT2D eigenvalue weighted by Gasteiger charge is 2.13. The van der Waals surface area contributed by atoms with E-state index in [1.54, 1.807) is 60.7 Å². The second-order valence-electron chi connectivity index (χ2n) is 12.9. The van der Waals surface area contributed by atoms with E-state index in [0.29, 0.717) is 46.7 Å². The Hall–Kier alpha value is -6.38. The van der Waals surface area contributed by atoms with E-state index in [-0.39, 0.29) is 36.7 Å². The molecule has 2 aromatic heterocycles. The molecule has 0 bridgehead atoms. The zero-order valence-electron chi connectivity index (χ0n) is 29.3. The first-order valence-corrected chi connectivity index (χ1v) is 16.7.